The maximum Gasteiger partial charge on any atom is 0.228 e. The molecule has 0 saturated carbocycles. The molecule has 0 spiro atoms. The summed E-state index contributed by atoms with van der Waals surface area (Å²) >= 11 is 0. The van der Waals surface area contributed by atoms with Gasteiger partial charge >= 0.3 is 0 Å². The van der Waals surface area contributed by atoms with E-state index in [1.54, 1.807) is 19.2 Å². The highest BCUT2D eigenvalue weighted by molar-refractivity contribution is 5.93. The Kier molecular flexibility index (Phi) is 5.36. The molecule has 0 aliphatic rings. The molecule has 0 bridgehead atoms. The molecule has 0 aliphatic carbocycles. The van der Waals surface area contributed by atoms with E-state index < -0.39 is 0 Å². The van der Waals surface area contributed by atoms with Gasteiger partial charge in [-0.2, -0.15) is 0 Å². The molecular weight excluding hydrogens is 292 g/mol. The predicted octanol–water partition coefficient (Wildman–Crippen LogP) is 3.14. The number of carbonyl (C=O) groups excluding carboxylic acids is 2. The quantitative estimate of drug-likeness (QED) is 0.891. The van der Waals surface area contributed by atoms with Crippen LogP contribution in [0.25, 0.3) is 0 Å². The lowest BCUT2D eigenvalue weighted by atomic mass is 10.1. The van der Waals surface area contributed by atoms with Gasteiger partial charge in [-0.3, -0.25) is 9.59 Å². The molecule has 2 N–H and O–H groups in total. The van der Waals surface area contributed by atoms with E-state index in [-0.39, 0.29) is 18.2 Å². The minimum atomic E-state index is -0.121. The topological polar surface area (TPSA) is 67.4 Å². The van der Waals surface area contributed by atoms with Gasteiger partial charge in [0, 0.05) is 18.3 Å². The highest BCUT2D eigenvalue weighted by Gasteiger charge is 2.07. The van der Waals surface area contributed by atoms with E-state index in [1.165, 1.54) is 6.92 Å². The monoisotopic (exact) mass is 312 g/mol. The van der Waals surface area contributed by atoms with Crippen LogP contribution in [0.15, 0.2) is 42.5 Å². The van der Waals surface area contributed by atoms with Gasteiger partial charge in [0.05, 0.1) is 13.5 Å². The normalized spacial score (nSPS) is 10.0. The lowest BCUT2D eigenvalue weighted by Crippen LogP contribution is -2.14. The molecule has 0 heterocycles. The average Bonchev–Trinajstić information content (AvgIpc) is 2.50. The van der Waals surface area contributed by atoms with Gasteiger partial charge in [-0.25, -0.2) is 0 Å². The van der Waals surface area contributed by atoms with Crippen molar-refractivity contribution in [2.45, 2.75) is 20.3 Å². The number of amides is 2. The van der Waals surface area contributed by atoms with Crippen LogP contribution in [-0.4, -0.2) is 18.9 Å². The first-order valence-corrected chi connectivity index (χ1v) is 7.29. The summed E-state index contributed by atoms with van der Waals surface area (Å²) in [5, 5.41) is 5.60. The van der Waals surface area contributed by atoms with Crippen molar-refractivity contribution in [3.05, 3.63) is 53.6 Å². The molecule has 0 aromatic heterocycles. The lowest BCUT2D eigenvalue weighted by Gasteiger charge is -2.10. The van der Waals surface area contributed by atoms with Crippen LogP contribution in [0.3, 0.4) is 0 Å². The Labute approximate surface area is 135 Å². The summed E-state index contributed by atoms with van der Waals surface area (Å²) in [6.07, 6.45) is 0.288. The second kappa shape index (κ2) is 7.45. The van der Waals surface area contributed by atoms with Crippen molar-refractivity contribution >= 4 is 23.2 Å². The van der Waals surface area contributed by atoms with Gasteiger partial charge in [-0.05, 0) is 48.4 Å². The third kappa shape index (κ3) is 4.85. The lowest BCUT2D eigenvalue weighted by molar-refractivity contribution is -0.116. The minimum Gasteiger partial charge on any atom is -0.497 e. The van der Waals surface area contributed by atoms with Gasteiger partial charge in [0.2, 0.25) is 11.8 Å². The van der Waals surface area contributed by atoms with Crippen LogP contribution in [0.1, 0.15) is 18.1 Å². The maximum absolute atomic E-state index is 12.1. The number of benzene rings is 2. The molecule has 2 aromatic rings. The third-order valence-electron chi connectivity index (χ3n) is 3.34. The molecule has 2 aromatic carbocycles. The Hall–Kier alpha value is -2.82. The zero-order valence-electron chi connectivity index (χ0n) is 13.5. The van der Waals surface area contributed by atoms with Crippen LogP contribution in [-0.2, 0) is 16.0 Å². The van der Waals surface area contributed by atoms with Crippen LogP contribution < -0.4 is 15.4 Å². The highest BCUT2D eigenvalue weighted by atomic mass is 16.5. The van der Waals surface area contributed by atoms with Gasteiger partial charge in [-0.15, -0.1) is 0 Å². The summed E-state index contributed by atoms with van der Waals surface area (Å²) in [5.74, 6) is 0.546. The zero-order valence-corrected chi connectivity index (χ0v) is 13.5. The first-order chi connectivity index (χ1) is 11.0. The van der Waals surface area contributed by atoms with Crippen LogP contribution in [0, 0.1) is 6.92 Å². The van der Waals surface area contributed by atoms with E-state index in [1.807, 2.05) is 37.3 Å². The standard InChI is InChI=1S/C18H20N2O3/c1-12-10-15(6-9-17(12)19-13(2)21)20-18(22)11-14-4-7-16(23-3)8-5-14/h4-10H,11H2,1-3H3,(H,19,21)(H,20,22). The summed E-state index contributed by atoms with van der Waals surface area (Å²) in [6.45, 7) is 3.34. The van der Waals surface area contributed by atoms with Gasteiger partial charge in [-0.1, -0.05) is 12.1 Å². The molecule has 0 unspecified atom stereocenters. The fraction of sp³-hybridized carbons (Fsp3) is 0.222. The van der Waals surface area contributed by atoms with E-state index in [4.69, 9.17) is 4.74 Å². The molecule has 2 rings (SSSR count). The largest absolute Gasteiger partial charge is 0.497 e. The van der Waals surface area contributed by atoms with Crippen molar-refractivity contribution in [2.75, 3.05) is 17.7 Å². The van der Waals surface area contributed by atoms with Crippen molar-refractivity contribution in [2.24, 2.45) is 0 Å². The van der Waals surface area contributed by atoms with E-state index in [0.717, 1.165) is 22.6 Å². The number of rotatable bonds is 5. The predicted molar refractivity (Wildman–Crippen MR) is 90.8 cm³/mol. The van der Waals surface area contributed by atoms with Crippen LogP contribution >= 0.6 is 0 Å². The van der Waals surface area contributed by atoms with Gasteiger partial charge in [0.15, 0.2) is 0 Å². The molecule has 5 nitrogen and oxygen atoms in total. The molecule has 5 heteroatoms. The summed E-state index contributed by atoms with van der Waals surface area (Å²) in [5.41, 5.74) is 3.25. The van der Waals surface area contributed by atoms with Gasteiger partial charge < -0.3 is 15.4 Å². The summed E-state index contributed by atoms with van der Waals surface area (Å²) in [4.78, 5) is 23.2. The van der Waals surface area contributed by atoms with Crippen molar-refractivity contribution < 1.29 is 14.3 Å². The Bertz CT molecular complexity index is 709. The fourth-order valence-corrected chi connectivity index (χ4v) is 2.21. The molecule has 23 heavy (non-hydrogen) atoms. The molecular formula is C18H20N2O3. The SMILES string of the molecule is COc1ccc(CC(=O)Nc2ccc(NC(C)=O)c(C)c2)cc1. The first-order valence-electron chi connectivity index (χ1n) is 7.29. The summed E-state index contributed by atoms with van der Waals surface area (Å²) in [7, 11) is 1.61. The fourth-order valence-electron chi connectivity index (χ4n) is 2.21. The van der Waals surface area contributed by atoms with Crippen molar-refractivity contribution in [3.63, 3.8) is 0 Å². The van der Waals surface area contributed by atoms with Crippen LogP contribution in [0.5, 0.6) is 5.75 Å². The maximum atomic E-state index is 12.1. The molecule has 0 saturated heterocycles. The second-order valence-corrected chi connectivity index (χ2v) is 5.28. The number of hydrogen-bond donors (Lipinski definition) is 2. The highest BCUT2D eigenvalue weighted by Crippen LogP contribution is 2.20. The number of nitrogens with one attached hydrogen (secondary N) is 2. The van der Waals surface area contributed by atoms with Crippen LogP contribution in [0.2, 0.25) is 0 Å². The summed E-state index contributed by atoms with van der Waals surface area (Å²) in [6, 6.07) is 12.8. The molecule has 0 radical (unpaired) electrons. The van der Waals surface area contributed by atoms with E-state index in [2.05, 4.69) is 10.6 Å². The molecule has 0 aliphatic heterocycles. The number of methoxy groups -OCH3 is 1. The Morgan fingerprint density at radius 2 is 1.74 bits per heavy atom. The minimum absolute atomic E-state index is 0.0955. The third-order valence-corrected chi connectivity index (χ3v) is 3.34. The average molecular weight is 312 g/mol. The number of hydrogen-bond acceptors (Lipinski definition) is 3. The Balaban J connectivity index is 1.99. The van der Waals surface area contributed by atoms with E-state index >= 15 is 0 Å². The Morgan fingerprint density at radius 1 is 1.04 bits per heavy atom. The van der Waals surface area contributed by atoms with Crippen molar-refractivity contribution in [3.8, 4) is 5.75 Å². The van der Waals surface area contributed by atoms with Gasteiger partial charge in [0.1, 0.15) is 5.75 Å². The second-order valence-electron chi connectivity index (χ2n) is 5.28. The van der Waals surface area contributed by atoms with Crippen molar-refractivity contribution in [1.82, 2.24) is 0 Å². The summed E-state index contributed by atoms with van der Waals surface area (Å²) < 4.78 is 5.09. The smallest absolute Gasteiger partial charge is 0.228 e. The molecule has 120 valence electrons. The number of ether oxygens (including phenoxy) is 1. The van der Waals surface area contributed by atoms with E-state index in [0.29, 0.717) is 5.69 Å². The number of aryl methyl sites for hydroxylation is 1. The Morgan fingerprint density at radius 3 is 2.30 bits per heavy atom. The van der Waals surface area contributed by atoms with Crippen molar-refractivity contribution in [1.29, 1.82) is 0 Å². The van der Waals surface area contributed by atoms with E-state index in [9.17, 15) is 9.59 Å². The molecule has 0 fully saturated rings. The first kappa shape index (κ1) is 16.5. The zero-order chi connectivity index (χ0) is 16.8. The van der Waals surface area contributed by atoms with Crippen LogP contribution in [0.4, 0.5) is 11.4 Å². The number of carbonyl (C=O) groups is 2. The molecule has 2 amide bonds. The number of anilines is 2. The van der Waals surface area contributed by atoms with Gasteiger partial charge in [0.25, 0.3) is 0 Å². The molecule has 0 atom stereocenters.